The van der Waals surface area contributed by atoms with E-state index in [2.05, 4.69) is 21.2 Å². The molecule has 2 aromatic carbocycles. The van der Waals surface area contributed by atoms with Crippen LogP contribution in [0.25, 0.3) is 0 Å². The van der Waals surface area contributed by atoms with E-state index in [1.807, 2.05) is 36.4 Å². The van der Waals surface area contributed by atoms with E-state index in [1.54, 1.807) is 0 Å². The van der Waals surface area contributed by atoms with Gasteiger partial charge in [0, 0.05) is 16.0 Å². The number of hydrogen-bond donors (Lipinski definition) is 1. The van der Waals surface area contributed by atoms with Crippen LogP contribution in [0.5, 0.6) is 11.5 Å². The van der Waals surface area contributed by atoms with Crippen molar-refractivity contribution in [2.45, 2.75) is 6.54 Å². The first kappa shape index (κ1) is 12.6. The smallest absolute Gasteiger partial charge is 0.231 e. The van der Waals surface area contributed by atoms with Gasteiger partial charge >= 0.3 is 0 Å². The van der Waals surface area contributed by atoms with E-state index in [9.17, 15) is 0 Å². The highest BCUT2D eigenvalue weighted by atomic mass is 79.9. The van der Waals surface area contributed by atoms with Gasteiger partial charge in [0.2, 0.25) is 6.79 Å². The van der Waals surface area contributed by atoms with Crippen LogP contribution in [0.3, 0.4) is 0 Å². The molecule has 0 bridgehead atoms. The van der Waals surface area contributed by atoms with Gasteiger partial charge in [-0.15, -0.1) is 0 Å². The average molecular weight is 341 g/mol. The minimum absolute atomic E-state index is 0.298. The van der Waals surface area contributed by atoms with Crippen molar-refractivity contribution in [2.24, 2.45) is 0 Å². The van der Waals surface area contributed by atoms with Gasteiger partial charge in [-0.05, 0) is 51.8 Å². The molecule has 2 aromatic rings. The van der Waals surface area contributed by atoms with Crippen LogP contribution in [-0.4, -0.2) is 6.79 Å². The predicted octanol–water partition coefficient (Wildman–Crippen LogP) is 4.44. The van der Waals surface area contributed by atoms with Crippen LogP contribution < -0.4 is 14.8 Å². The van der Waals surface area contributed by atoms with Crippen molar-refractivity contribution < 1.29 is 9.47 Å². The van der Waals surface area contributed by atoms with E-state index < -0.39 is 0 Å². The Morgan fingerprint density at radius 3 is 2.84 bits per heavy atom. The molecule has 3 rings (SSSR count). The Morgan fingerprint density at radius 1 is 1.11 bits per heavy atom. The van der Waals surface area contributed by atoms with Crippen LogP contribution in [0.15, 0.2) is 40.9 Å². The van der Waals surface area contributed by atoms with Crippen molar-refractivity contribution in [1.82, 2.24) is 0 Å². The zero-order valence-electron chi connectivity index (χ0n) is 9.95. The maximum atomic E-state index is 5.98. The van der Waals surface area contributed by atoms with Crippen LogP contribution in [0, 0.1) is 0 Å². The van der Waals surface area contributed by atoms with Crippen LogP contribution in [0.4, 0.5) is 5.69 Å². The summed E-state index contributed by atoms with van der Waals surface area (Å²) < 4.78 is 11.6. The maximum absolute atomic E-state index is 5.98. The monoisotopic (exact) mass is 339 g/mol. The van der Waals surface area contributed by atoms with Crippen LogP contribution >= 0.6 is 27.5 Å². The van der Waals surface area contributed by atoms with E-state index in [4.69, 9.17) is 21.1 Å². The first-order valence-electron chi connectivity index (χ1n) is 5.80. The average Bonchev–Trinajstić information content (AvgIpc) is 2.87. The van der Waals surface area contributed by atoms with E-state index >= 15 is 0 Å². The fourth-order valence-corrected chi connectivity index (χ4v) is 2.44. The Labute approximate surface area is 124 Å². The second-order valence-electron chi connectivity index (χ2n) is 4.17. The lowest BCUT2D eigenvalue weighted by molar-refractivity contribution is 0.174. The van der Waals surface area contributed by atoms with E-state index in [0.29, 0.717) is 18.4 Å². The fourth-order valence-electron chi connectivity index (χ4n) is 1.88. The molecule has 1 heterocycles. The second-order valence-corrected chi connectivity index (χ2v) is 5.46. The third-order valence-electron chi connectivity index (χ3n) is 2.85. The van der Waals surface area contributed by atoms with Crippen molar-refractivity contribution in [3.63, 3.8) is 0 Å². The largest absolute Gasteiger partial charge is 0.454 e. The molecule has 98 valence electrons. The van der Waals surface area contributed by atoms with Crippen molar-refractivity contribution in [3.8, 4) is 11.5 Å². The van der Waals surface area contributed by atoms with Crippen molar-refractivity contribution in [1.29, 1.82) is 0 Å². The molecule has 1 aliphatic rings. The van der Waals surface area contributed by atoms with E-state index in [-0.39, 0.29) is 0 Å². The number of halogens is 2. The minimum atomic E-state index is 0.298. The molecule has 1 N–H and O–H groups in total. The van der Waals surface area contributed by atoms with Crippen LogP contribution in [-0.2, 0) is 6.54 Å². The van der Waals surface area contributed by atoms with Gasteiger partial charge in [0.1, 0.15) is 0 Å². The first-order valence-corrected chi connectivity index (χ1v) is 6.97. The second kappa shape index (κ2) is 5.31. The molecule has 3 nitrogen and oxygen atoms in total. The Kier molecular flexibility index (Phi) is 3.53. The summed E-state index contributed by atoms with van der Waals surface area (Å²) in [5.41, 5.74) is 2.08. The number of nitrogens with one attached hydrogen (secondary N) is 1. The van der Waals surface area contributed by atoms with Gasteiger partial charge in [-0.25, -0.2) is 0 Å². The number of anilines is 1. The fraction of sp³-hybridized carbons (Fsp3) is 0.143. The maximum Gasteiger partial charge on any atom is 0.231 e. The zero-order chi connectivity index (χ0) is 13.2. The highest BCUT2D eigenvalue weighted by molar-refractivity contribution is 9.10. The van der Waals surface area contributed by atoms with Crippen molar-refractivity contribution in [2.75, 3.05) is 12.1 Å². The predicted molar refractivity (Wildman–Crippen MR) is 79.0 cm³/mol. The van der Waals surface area contributed by atoms with Gasteiger partial charge in [0.25, 0.3) is 0 Å². The molecule has 0 fully saturated rings. The summed E-state index contributed by atoms with van der Waals surface area (Å²) in [5.74, 6) is 1.59. The van der Waals surface area contributed by atoms with Gasteiger partial charge < -0.3 is 14.8 Å². The zero-order valence-corrected chi connectivity index (χ0v) is 12.3. The normalized spacial score (nSPS) is 12.5. The number of hydrogen-bond acceptors (Lipinski definition) is 3. The molecule has 5 heteroatoms. The number of rotatable bonds is 3. The Morgan fingerprint density at radius 2 is 1.95 bits per heavy atom. The summed E-state index contributed by atoms with van der Waals surface area (Å²) in [6, 6.07) is 11.6. The summed E-state index contributed by atoms with van der Waals surface area (Å²) in [6.07, 6.45) is 0. The van der Waals surface area contributed by atoms with Gasteiger partial charge in [0.05, 0.1) is 5.69 Å². The molecular formula is C14H11BrClNO2. The molecule has 19 heavy (non-hydrogen) atoms. The van der Waals surface area contributed by atoms with E-state index in [0.717, 1.165) is 27.2 Å². The molecular weight excluding hydrogens is 330 g/mol. The summed E-state index contributed by atoms with van der Waals surface area (Å²) in [6.45, 7) is 0.988. The Bertz CT molecular complexity index is 618. The lowest BCUT2D eigenvalue weighted by Crippen LogP contribution is -2.00. The SMILES string of the molecule is Clc1ccc(Br)c(NCc2ccc3c(c2)OCO3)c1. The number of benzene rings is 2. The third kappa shape index (κ3) is 2.80. The van der Waals surface area contributed by atoms with Gasteiger partial charge in [-0.2, -0.15) is 0 Å². The quantitative estimate of drug-likeness (QED) is 0.896. The standard InChI is InChI=1S/C14H11BrClNO2/c15-11-3-2-10(16)6-12(11)17-7-9-1-4-13-14(5-9)19-8-18-13/h1-6,17H,7-8H2. The molecule has 0 saturated carbocycles. The molecule has 0 radical (unpaired) electrons. The third-order valence-corrected chi connectivity index (χ3v) is 3.77. The number of fused-ring (bicyclic) bond motifs is 1. The topological polar surface area (TPSA) is 30.5 Å². The molecule has 0 unspecified atom stereocenters. The molecule has 0 atom stereocenters. The molecule has 0 saturated heterocycles. The van der Waals surface area contributed by atoms with Crippen molar-refractivity contribution in [3.05, 3.63) is 51.5 Å². The Hall–Kier alpha value is -1.39. The first-order chi connectivity index (χ1) is 9.22. The summed E-state index contributed by atoms with van der Waals surface area (Å²) in [5, 5.41) is 4.04. The highest BCUT2D eigenvalue weighted by Crippen LogP contribution is 2.33. The lowest BCUT2D eigenvalue weighted by atomic mass is 10.2. The molecule has 0 aliphatic carbocycles. The summed E-state index contributed by atoms with van der Waals surface area (Å²) >= 11 is 9.47. The van der Waals surface area contributed by atoms with Gasteiger partial charge in [0.15, 0.2) is 11.5 Å². The van der Waals surface area contributed by atoms with Gasteiger partial charge in [-0.3, -0.25) is 0 Å². The van der Waals surface area contributed by atoms with Crippen LogP contribution in [0.1, 0.15) is 5.56 Å². The molecule has 0 amide bonds. The van der Waals surface area contributed by atoms with Crippen LogP contribution in [0.2, 0.25) is 5.02 Å². The Balaban J connectivity index is 1.74. The molecule has 1 aliphatic heterocycles. The van der Waals surface area contributed by atoms with Crippen molar-refractivity contribution >= 4 is 33.2 Å². The highest BCUT2D eigenvalue weighted by Gasteiger charge is 2.13. The summed E-state index contributed by atoms with van der Waals surface area (Å²) in [7, 11) is 0. The lowest BCUT2D eigenvalue weighted by Gasteiger charge is -2.09. The molecule has 0 spiro atoms. The van der Waals surface area contributed by atoms with Gasteiger partial charge in [-0.1, -0.05) is 17.7 Å². The molecule has 0 aromatic heterocycles. The minimum Gasteiger partial charge on any atom is -0.454 e. The van der Waals surface area contributed by atoms with E-state index in [1.165, 1.54) is 0 Å². The summed E-state index contributed by atoms with van der Waals surface area (Å²) in [4.78, 5) is 0. The number of ether oxygens (including phenoxy) is 2.